The van der Waals surface area contributed by atoms with Crippen molar-refractivity contribution in [3.05, 3.63) is 16.1 Å². The number of hydrogen-bond donors (Lipinski definition) is 2. The van der Waals surface area contributed by atoms with Gasteiger partial charge >= 0.3 is 0 Å². The van der Waals surface area contributed by atoms with Crippen LogP contribution in [0.4, 0.5) is 0 Å². The predicted octanol–water partition coefficient (Wildman–Crippen LogP) is 1.89. The van der Waals surface area contributed by atoms with E-state index in [1.165, 1.54) is 12.8 Å². The van der Waals surface area contributed by atoms with E-state index in [1.807, 2.05) is 14.0 Å². The van der Waals surface area contributed by atoms with Gasteiger partial charge in [0, 0.05) is 38.5 Å². The highest BCUT2D eigenvalue weighted by molar-refractivity contribution is 7.09. The summed E-state index contributed by atoms with van der Waals surface area (Å²) in [5.74, 6) is 0.867. The van der Waals surface area contributed by atoms with Gasteiger partial charge in [0.15, 0.2) is 5.96 Å². The lowest BCUT2D eigenvalue weighted by atomic mass is 10.3. The van der Waals surface area contributed by atoms with Crippen molar-refractivity contribution < 1.29 is 0 Å². The number of unbranched alkanes of at least 4 members (excludes halogenated alkanes) is 1. The maximum atomic E-state index is 4.46. The number of aryl methyl sites for hydroxylation is 1. The van der Waals surface area contributed by atoms with E-state index in [1.54, 1.807) is 11.3 Å². The molecule has 0 amide bonds. The van der Waals surface area contributed by atoms with Crippen molar-refractivity contribution in [1.29, 1.82) is 0 Å². The van der Waals surface area contributed by atoms with Crippen molar-refractivity contribution in [3.8, 4) is 0 Å². The first kappa shape index (κ1) is 17.9. The van der Waals surface area contributed by atoms with Crippen molar-refractivity contribution in [3.63, 3.8) is 0 Å². The van der Waals surface area contributed by atoms with Gasteiger partial charge in [-0.15, -0.1) is 11.3 Å². The van der Waals surface area contributed by atoms with Crippen LogP contribution in [0, 0.1) is 6.92 Å². The summed E-state index contributed by atoms with van der Waals surface area (Å²) in [5, 5.41) is 9.93. The highest BCUT2D eigenvalue weighted by Crippen LogP contribution is 2.07. The second-order valence-electron chi connectivity index (χ2n) is 5.19. The predicted molar refractivity (Wildman–Crippen MR) is 92.3 cm³/mol. The van der Waals surface area contributed by atoms with Crippen LogP contribution in [0.25, 0.3) is 0 Å². The van der Waals surface area contributed by atoms with Gasteiger partial charge in [0.05, 0.1) is 10.7 Å². The molecule has 0 aliphatic carbocycles. The van der Waals surface area contributed by atoms with Crippen molar-refractivity contribution >= 4 is 17.3 Å². The molecule has 21 heavy (non-hydrogen) atoms. The zero-order valence-electron chi connectivity index (χ0n) is 13.8. The Morgan fingerprint density at radius 1 is 1.33 bits per heavy atom. The highest BCUT2D eigenvalue weighted by Gasteiger charge is 2.01. The lowest BCUT2D eigenvalue weighted by Crippen LogP contribution is -2.41. The fourth-order valence-electron chi connectivity index (χ4n) is 1.96. The molecular formula is C15H29N5S. The Hall–Kier alpha value is -1.14. The summed E-state index contributed by atoms with van der Waals surface area (Å²) in [6.45, 7) is 8.22. The van der Waals surface area contributed by atoms with Gasteiger partial charge < -0.3 is 15.5 Å². The molecule has 0 aliphatic rings. The molecule has 0 spiro atoms. The highest BCUT2D eigenvalue weighted by atomic mass is 32.1. The van der Waals surface area contributed by atoms with Crippen molar-refractivity contribution in [2.24, 2.45) is 4.99 Å². The van der Waals surface area contributed by atoms with E-state index in [9.17, 15) is 0 Å². The van der Waals surface area contributed by atoms with Crippen LogP contribution in [0.5, 0.6) is 0 Å². The van der Waals surface area contributed by atoms with Crippen molar-refractivity contribution in [1.82, 2.24) is 20.5 Å². The second-order valence-corrected chi connectivity index (χ2v) is 6.25. The van der Waals surface area contributed by atoms with E-state index in [2.05, 4.69) is 44.9 Å². The Morgan fingerprint density at radius 2 is 2.10 bits per heavy atom. The van der Waals surface area contributed by atoms with Gasteiger partial charge in [0.1, 0.15) is 0 Å². The fraction of sp³-hybridized carbons (Fsp3) is 0.733. The van der Waals surface area contributed by atoms with E-state index in [4.69, 9.17) is 0 Å². The number of thiazole rings is 1. The third-order valence-corrected chi connectivity index (χ3v) is 4.07. The average Bonchev–Trinajstić information content (AvgIpc) is 2.89. The summed E-state index contributed by atoms with van der Waals surface area (Å²) in [4.78, 5) is 11.0. The van der Waals surface area contributed by atoms with Crippen LogP contribution in [-0.4, -0.2) is 56.1 Å². The maximum absolute atomic E-state index is 4.46. The van der Waals surface area contributed by atoms with E-state index >= 15 is 0 Å². The molecule has 0 unspecified atom stereocenters. The summed E-state index contributed by atoms with van der Waals surface area (Å²) >= 11 is 1.70. The van der Waals surface area contributed by atoms with Gasteiger partial charge in [-0.3, -0.25) is 4.99 Å². The Balaban J connectivity index is 2.14. The number of guanidine groups is 1. The van der Waals surface area contributed by atoms with E-state index < -0.39 is 0 Å². The number of aromatic nitrogens is 1. The summed E-state index contributed by atoms with van der Waals surface area (Å²) in [6.07, 6.45) is 3.44. The monoisotopic (exact) mass is 311 g/mol. The largest absolute Gasteiger partial charge is 0.356 e. The molecule has 0 bridgehead atoms. The standard InChI is InChI=1S/C15H29N5S/c1-5-6-10-20(4)11-9-18-15(16-3)17-8-7-14-12-21-13(2)19-14/h12H,5-11H2,1-4H3,(H2,16,17,18). The minimum absolute atomic E-state index is 0.856. The first-order valence-corrected chi connectivity index (χ1v) is 8.57. The topological polar surface area (TPSA) is 52.5 Å². The average molecular weight is 311 g/mol. The van der Waals surface area contributed by atoms with Gasteiger partial charge in [-0.25, -0.2) is 4.98 Å². The normalized spacial score (nSPS) is 12.0. The number of hydrogen-bond acceptors (Lipinski definition) is 4. The third-order valence-electron chi connectivity index (χ3n) is 3.24. The molecule has 0 atom stereocenters. The molecule has 1 heterocycles. The van der Waals surface area contributed by atoms with Crippen molar-refractivity contribution in [2.45, 2.75) is 33.1 Å². The van der Waals surface area contributed by atoms with Crippen LogP contribution < -0.4 is 10.6 Å². The lowest BCUT2D eigenvalue weighted by molar-refractivity contribution is 0.332. The summed E-state index contributed by atoms with van der Waals surface area (Å²) in [6, 6.07) is 0. The smallest absolute Gasteiger partial charge is 0.191 e. The zero-order valence-corrected chi connectivity index (χ0v) is 14.6. The molecule has 1 aromatic heterocycles. The van der Waals surface area contributed by atoms with Gasteiger partial charge in [0.25, 0.3) is 0 Å². The number of likely N-dealkylation sites (N-methyl/N-ethyl adjacent to an activating group) is 1. The Bertz CT molecular complexity index is 416. The number of nitrogens with one attached hydrogen (secondary N) is 2. The number of rotatable bonds is 9. The number of nitrogens with zero attached hydrogens (tertiary/aromatic N) is 3. The first-order chi connectivity index (χ1) is 10.2. The minimum atomic E-state index is 0.856. The molecular weight excluding hydrogens is 282 g/mol. The molecule has 0 radical (unpaired) electrons. The summed E-state index contributed by atoms with van der Waals surface area (Å²) in [5.41, 5.74) is 1.15. The fourth-order valence-corrected chi connectivity index (χ4v) is 2.60. The quantitative estimate of drug-likeness (QED) is 0.540. The van der Waals surface area contributed by atoms with Gasteiger partial charge in [0.2, 0.25) is 0 Å². The summed E-state index contributed by atoms with van der Waals surface area (Å²) < 4.78 is 0. The van der Waals surface area contributed by atoms with E-state index in [0.29, 0.717) is 0 Å². The lowest BCUT2D eigenvalue weighted by Gasteiger charge is -2.17. The van der Waals surface area contributed by atoms with Gasteiger partial charge in [-0.1, -0.05) is 13.3 Å². The Kier molecular flexibility index (Phi) is 9.01. The van der Waals surface area contributed by atoms with Crippen LogP contribution in [0.15, 0.2) is 10.4 Å². The molecule has 120 valence electrons. The third kappa shape index (κ3) is 8.02. The van der Waals surface area contributed by atoms with Crippen LogP contribution in [0.2, 0.25) is 0 Å². The molecule has 0 aliphatic heterocycles. The molecule has 5 nitrogen and oxygen atoms in total. The second kappa shape index (κ2) is 10.6. The molecule has 2 N–H and O–H groups in total. The van der Waals surface area contributed by atoms with Crippen molar-refractivity contribution in [2.75, 3.05) is 40.3 Å². The molecule has 0 aromatic carbocycles. The van der Waals surface area contributed by atoms with Crippen LogP contribution in [0.1, 0.15) is 30.5 Å². The van der Waals surface area contributed by atoms with E-state index in [0.717, 1.165) is 49.3 Å². The van der Waals surface area contributed by atoms with Crippen LogP contribution in [0.3, 0.4) is 0 Å². The number of aliphatic imine (C=N–C) groups is 1. The minimum Gasteiger partial charge on any atom is -0.356 e. The molecule has 1 rings (SSSR count). The SMILES string of the molecule is CCCCN(C)CCNC(=NC)NCCc1csc(C)n1. The molecule has 0 saturated carbocycles. The van der Waals surface area contributed by atoms with Gasteiger partial charge in [-0.2, -0.15) is 0 Å². The Labute approximate surface area is 132 Å². The first-order valence-electron chi connectivity index (χ1n) is 7.69. The summed E-state index contributed by atoms with van der Waals surface area (Å²) in [7, 11) is 3.97. The Morgan fingerprint density at radius 3 is 2.71 bits per heavy atom. The molecule has 0 saturated heterocycles. The zero-order chi connectivity index (χ0) is 15.5. The van der Waals surface area contributed by atoms with Crippen LogP contribution >= 0.6 is 11.3 Å². The molecule has 0 fully saturated rings. The molecule has 6 heteroatoms. The maximum Gasteiger partial charge on any atom is 0.191 e. The van der Waals surface area contributed by atoms with E-state index in [-0.39, 0.29) is 0 Å². The van der Waals surface area contributed by atoms with Gasteiger partial charge in [-0.05, 0) is 26.9 Å². The van der Waals surface area contributed by atoms with Crippen LogP contribution in [-0.2, 0) is 6.42 Å². The molecule has 1 aromatic rings.